The van der Waals surface area contributed by atoms with E-state index in [0.29, 0.717) is 31.1 Å². The number of thiazole rings is 1. The number of aromatic nitrogens is 3. The maximum absolute atomic E-state index is 13.4. The topological polar surface area (TPSA) is 146 Å². The molecule has 3 aromatic rings. The number of rotatable bonds is 6. The van der Waals surface area contributed by atoms with Crippen molar-refractivity contribution in [3.63, 3.8) is 0 Å². The maximum atomic E-state index is 13.4. The number of carbonyl (C=O) groups is 3. The molecule has 0 spiro atoms. The summed E-state index contributed by atoms with van der Waals surface area (Å²) >= 11 is 1.33. The van der Waals surface area contributed by atoms with Crippen LogP contribution >= 0.6 is 11.3 Å². The first kappa shape index (κ1) is 27.0. The van der Waals surface area contributed by atoms with Gasteiger partial charge in [-0.25, -0.2) is 14.8 Å². The maximum Gasteiger partial charge on any atom is 0.328 e. The van der Waals surface area contributed by atoms with E-state index in [1.165, 1.54) is 40.1 Å². The number of anilines is 2. The van der Waals surface area contributed by atoms with Gasteiger partial charge in [0.15, 0.2) is 5.13 Å². The first-order chi connectivity index (χ1) is 18.0. The third kappa shape index (κ3) is 5.75. The number of pyridine rings is 1. The first-order valence-corrected chi connectivity index (χ1v) is 13.1. The summed E-state index contributed by atoms with van der Waals surface area (Å²) in [5, 5.41) is 17.0. The van der Waals surface area contributed by atoms with Crippen molar-refractivity contribution in [2.75, 3.05) is 30.4 Å². The van der Waals surface area contributed by atoms with Crippen molar-refractivity contribution in [3.8, 4) is 0 Å². The molecule has 11 nitrogen and oxygen atoms in total. The van der Waals surface area contributed by atoms with Crippen LogP contribution in [0.25, 0.3) is 11.7 Å². The summed E-state index contributed by atoms with van der Waals surface area (Å²) in [6.45, 7) is 6.99. The SMILES string of the molecule is CNC(=O)C1CCCN(c2nc3cc(C(=O)Nc4nc(C(C)(C)C)cs4)ccn3c(=O)c2/C=C/C(=O)O)C1. The number of amides is 2. The van der Waals surface area contributed by atoms with E-state index in [0.717, 1.165) is 11.8 Å². The molecule has 4 heterocycles. The number of aliphatic carboxylic acids is 1. The summed E-state index contributed by atoms with van der Waals surface area (Å²) in [4.78, 5) is 60.9. The van der Waals surface area contributed by atoms with Gasteiger partial charge in [-0.1, -0.05) is 20.8 Å². The molecule has 2 amide bonds. The molecule has 1 aliphatic heterocycles. The Hall–Kier alpha value is -4.06. The number of hydrogen-bond donors (Lipinski definition) is 3. The number of carbonyl (C=O) groups excluding carboxylic acids is 2. The molecule has 1 aliphatic rings. The van der Waals surface area contributed by atoms with Crippen molar-refractivity contribution in [2.45, 2.75) is 39.0 Å². The molecule has 0 radical (unpaired) electrons. The van der Waals surface area contributed by atoms with E-state index >= 15 is 0 Å². The molecule has 3 N–H and O–H groups in total. The van der Waals surface area contributed by atoms with E-state index in [9.17, 15) is 19.2 Å². The van der Waals surface area contributed by atoms with Crippen molar-refractivity contribution in [1.82, 2.24) is 19.7 Å². The lowest BCUT2D eigenvalue weighted by Crippen LogP contribution is -2.43. The molecule has 1 unspecified atom stereocenters. The van der Waals surface area contributed by atoms with Crippen molar-refractivity contribution in [1.29, 1.82) is 0 Å². The van der Waals surface area contributed by atoms with Crippen LogP contribution in [0.4, 0.5) is 10.9 Å². The van der Waals surface area contributed by atoms with Gasteiger partial charge in [-0.15, -0.1) is 11.3 Å². The van der Waals surface area contributed by atoms with E-state index in [1.54, 1.807) is 7.05 Å². The minimum atomic E-state index is -1.20. The number of fused-ring (bicyclic) bond motifs is 1. The Balaban J connectivity index is 1.73. The molecule has 38 heavy (non-hydrogen) atoms. The van der Waals surface area contributed by atoms with Gasteiger partial charge in [0.25, 0.3) is 11.5 Å². The lowest BCUT2D eigenvalue weighted by molar-refractivity contribution is -0.131. The van der Waals surface area contributed by atoms with Gasteiger partial charge in [-0.2, -0.15) is 0 Å². The van der Waals surface area contributed by atoms with E-state index in [4.69, 9.17) is 5.11 Å². The fourth-order valence-electron chi connectivity index (χ4n) is 4.26. The highest BCUT2D eigenvalue weighted by molar-refractivity contribution is 7.14. The highest BCUT2D eigenvalue weighted by Gasteiger charge is 2.28. The van der Waals surface area contributed by atoms with Crippen LogP contribution < -0.4 is 21.1 Å². The van der Waals surface area contributed by atoms with Crippen LogP contribution in [-0.4, -0.2) is 57.4 Å². The Morgan fingerprint density at radius 1 is 1.24 bits per heavy atom. The highest BCUT2D eigenvalue weighted by Crippen LogP contribution is 2.27. The molecule has 0 aliphatic carbocycles. The average molecular weight is 539 g/mol. The number of carboxylic acids is 1. The van der Waals surface area contributed by atoms with Crippen molar-refractivity contribution >= 4 is 51.8 Å². The second-order valence-electron chi connectivity index (χ2n) is 10.1. The van der Waals surface area contributed by atoms with E-state index in [2.05, 4.69) is 20.6 Å². The number of carboxylic acid groups (broad SMARTS) is 1. The van der Waals surface area contributed by atoms with Crippen LogP contribution in [0.5, 0.6) is 0 Å². The number of hydrogen-bond acceptors (Lipinski definition) is 8. The minimum absolute atomic E-state index is 0.0946. The van der Waals surface area contributed by atoms with Crippen LogP contribution in [0, 0.1) is 5.92 Å². The molecule has 0 aromatic carbocycles. The lowest BCUT2D eigenvalue weighted by atomic mass is 9.93. The summed E-state index contributed by atoms with van der Waals surface area (Å²) < 4.78 is 1.27. The van der Waals surface area contributed by atoms with Crippen molar-refractivity contribution in [2.24, 2.45) is 5.92 Å². The zero-order valence-electron chi connectivity index (χ0n) is 21.6. The molecule has 12 heteroatoms. The normalized spacial score (nSPS) is 16.1. The Morgan fingerprint density at radius 3 is 2.66 bits per heavy atom. The highest BCUT2D eigenvalue weighted by atomic mass is 32.1. The third-order valence-electron chi connectivity index (χ3n) is 6.33. The van der Waals surface area contributed by atoms with Crippen LogP contribution in [0.3, 0.4) is 0 Å². The molecule has 0 bridgehead atoms. The van der Waals surface area contributed by atoms with Gasteiger partial charge in [-0.3, -0.25) is 24.1 Å². The Morgan fingerprint density at radius 2 is 2.00 bits per heavy atom. The molecule has 200 valence electrons. The van der Waals surface area contributed by atoms with Crippen LogP contribution in [0.2, 0.25) is 0 Å². The van der Waals surface area contributed by atoms with Crippen LogP contribution in [-0.2, 0) is 15.0 Å². The summed E-state index contributed by atoms with van der Waals surface area (Å²) in [6, 6.07) is 3.00. The largest absolute Gasteiger partial charge is 0.478 e. The van der Waals surface area contributed by atoms with Gasteiger partial charge in [0.2, 0.25) is 5.91 Å². The van der Waals surface area contributed by atoms with E-state index < -0.39 is 17.4 Å². The smallest absolute Gasteiger partial charge is 0.328 e. The Kier molecular flexibility index (Phi) is 7.63. The number of nitrogens with zero attached hydrogens (tertiary/aromatic N) is 4. The molecule has 0 saturated carbocycles. The van der Waals surface area contributed by atoms with Gasteiger partial charge >= 0.3 is 5.97 Å². The predicted octanol–water partition coefficient (Wildman–Crippen LogP) is 2.76. The quantitative estimate of drug-likeness (QED) is 0.406. The zero-order valence-corrected chi connectivity index (χ0v) is 22.5. The van der Waals surface area contributed by atoms with Crippen molar-refractivity contribution < 1.29 is 19.5 Å². The van der Waals surface area contributed by atoms with Gasteiger partial charge in [0.05, 0.1) is 17.2 Å². The van der Waals surface area contributed by atoms with E-state index in [1.807, 2.05) is 31.1 Å². The summed E-state index contributed by atoms with van der Waals surface area (Å²) in [5.41, 5.74) is 0.839. The Bertz CT molecular complexity index is 1490. The monoisotopic (exact) mass is 538 g/mol. The second kappa shape index (κ2) is 10.7. The number of piperidine rings is 1. The molecule has 1 saturated heterocycles. The molecular weight excluding hydrogens is 508 g/mol. The van der Waals surface area contributed by atoms with Gasteiger partial charge < -0.3 is 15.3 Å². The van der Waals surface area contributed by atoms with Gasteiger partial charge in [0, 0.05) is 48.8 Å². The molecule has 1 fully saturated rings. The first-order valence-electron chi connectivity index (χ1n) is 12.2. The van der Waals surface area contributed by atoms with Gasteiger partial charge in [0.1, 0.15) is 11.5 Å². The second-order valence-corrected chi connectivity index (χ2v) is 11.0. The molecule has 3 aromatic heterocycles. The van der Waals surface area contributed by atoms with Crippen LogP contribution in [0.1, 0.15) is 55.2 Å². The summed E-state index contributed by atoms with van der Waals surface area (Å²) in [7, 11) is 1.57. The molecule has 1 atom stereocenters. The van der Waals surface area contributed by atoms with E-state index in [-0.39, 0.29) is 39.8 Å². The Labute approximate surface area is 223 Å². The average Bonchev–Trinajstić information content (AvgIpc) is 3.36. The standard InChI is InChI=1S/C26H30N6O5S/c1-26(2,3)18-14-38-25(28-18)30-23(36)15-9-11-32-19(12-15)29-21(17(24(32)37)7-8-20(33)34)31-10-5-6-16(13-31)22(35)27-4/h7-9,11-12,14,16H,5-6,10,13H2,1-4H3,(H,27,35)(H,33,34)(H,28,30,36)/b8-7+. The van der Waals surface area contributed by atoms with Crippen molar-refractivity contribution in [3.05, 3.63) is 57.0 Å². The zero-order chi connectivity index (χ0) is 27.6. The fraction of sp³-hybridized carbons (Fsp3) is 0.385. The van der Waals surface area contributed by atoms with Gasteiger partial charge in [-0.05, 0) is 31.1 Å². The fourth-order valence-corrected chi connectivity index (χ4v) is 5.19. The van der Waals surface area contributed by atoms with Crippen LogP contribution in [0.15, 0.2) is 34.6 Å². The summed E-state index contributed by atoms with van der Waals surface area (Å²) in [6.07, 6.45) is 4.94. The minimum Gasteiger partial charge on any atom is -0.478 e. The summed E-state index contributed by atoms with van der Waals surface area (Å²) in [5.74, 6) is -1.73. The molecular formula is C26H30N6O5S. The number of nitrogens with one attached hydrogen (secondary N) is 2. The third-order valence-corrected chi connectivity index (χ3v) is 7.09. The predicted molar refractivity (Wildman–Crippen MR) is 146 cm³/mol. The molecule has 4 rings (SSSR count). The lowest BCUT2D eigenvalue weighted by Gasteiger charge is -2.33.